The van der Waals surface area contributed by atoms with Gasteiger partial charge < -0.3 is 19.8 Å². The van der Waals surface area contributed by atoms with E-state index >= 15 is 0 Å². The van der Waals surface area contributed by atoms with E-state index in [1.807, 2.05) is 22.9 Å². The molecule has 5 fully saturated rings. The standard InChI is InChI=1S/C31H44N4O3/c1-20-19-30-10-9-26(32(3)29(38)34-15-13-33(14-16-34)21(2)36)28(20)31(30)11-12-35(23-5-4-6-23)27(30)17-22-7-8-24(37)18-25(22)31/h7-8,18,20,23,26-28,37H,4-6,9-17,19H2,1-3H3/t20-,26?,27?,28?,30?,31?/m0/s1. The number of benzene rings is 1. The number of aromatic hydroxyl groups is 1. The molecule has 0 spiro atoms. The van der Waals surface area contributed by atoms with Gasteiger partial charge in [0.2, 0.25) is 5.91 Å². The SMILES string of the molecule is CC(=O)N1CCN(C(=O)N(C)C2CCC34C[C@H](C)C2C32CCN(C3CCC3)C4Cc3ccc(O)cc32)CC1. The second-order valence-electron chi connectivity index (χ2n) is 13.5. The van der Waals surface area contributed by atoms with E-state index in [4.69, 9.17) is 0 Å². The fraction of sp³-hybridized carbons (Fsp3) is 0.742. The molecule has 3 amide bonds. The van der Waals surface area contributed by atoms with E-state index in [9.17, 15) is 14.7 Å². The van der Waals surface area contributed by atoms with Gasteiger partial charge in [-0.05, 0) is 92.0 Å². The number of likely N-dealkylation sites (tertiary alicyclic amines) is 1. The van der Waals surface area contributed by atoms with Crippen molar-refractivity contribution >= 4 is 11.9 Å². The van der Waals surface area contributed by atoms with E-state index in [2.05, 4.69) is 28.9 Å². The van der Waals surface area contributed by atoms with Crippen molar-refractivity contribution in [3.63, 3.8) is 0 Å². The largest absolute Gasteiger partial charge is 0.508 e. The fourth-order valence-corrected chi connectivity index (χ4v) is 10.5. The molecule has 2 aliphatic heterocycles. The maximum Gasteiger partial charge on any atom is 0.320 e. The topological polar surface area (TPSA) is 67.3 Å². The first-order valence-electron chi connectivity index (χ1n) is 15.1. The third-order valence-electron chi connectivity index (χ3n) is 12.2. The summed E-state index contributed by atoms with van der Waals surface area (Å²) >= 11 is 0. The summed E-state index contributed by atoms with van der Waals surface area (Å²) in [4.78, 5) is 34.5. The van der Waals surface area contributed by atoms with Crippen LogP contribution in [0, 0.1) is 17.3 Å². The number of fused-ring (bicyclic) bond motifs is 1. The molecule has 2 heterocycles. The Hall–Kier alpha value is -2.28. The van der Waals surface area contributed by atoms with Crippen molar-refractivity contribution in [3.05, 3.63) is 29.3 Å². The van der Waals surface area contributed by atoms with Crippen LogP contribution in [0.4, 0.5) is 4.79 Å². The smallest absolute Gasteiger partial charge is 0.320 e. The highest BCUT2D eigenvalue weighted by Gasteiger charge is 2.74. The number of piperidine rings is 1. The van der Waals surface area contributed by atoms with Crippen LogP contribution in [0.15, 0.2) is 18.2 Å². The van der Waals surface area contributed by atoms with Gasteiger partial charge in [-0.3, -0.25) is 9.69 Å². The molecule has 4 aliphatic carbocycles. The number of carbonyl (C=O) groups is 2. The fourth-order valence-electron chi connectivity index (χ4n) is 10.5. The zero-order valence-corrected chi connectivity index (χ0v) is 23.4. The Morgan fingerprint density at radius 2 is 1.76 bits per heavy atom. The highest BCUT2D eigenvalue weighted by atomic mass is 16.3. The summed E-state index contributed by atoms with van der Waals surface area (Å²) < 4.78 is 0. The van der Waals surface area contributed by atoms with Crippen molar-refractivity contribution in [2.24, 2.45) is 17.3 Å². The van der Waals surface area contributed by atoms with E-state index < -0.39 is 0 Å². The lowest BCUT2D eigenvalue weighted by Crippen LogP contribution is -2.72. The second kappa shape index (κ2) is 8.61. The number of nitrogens with zero attached hydrogens (tertiary/aromatic N) is 4. The minimum atomic E-state index is 0.0223. The Morgan fingerprint density at radius 3 is 2.45 bits per heavy atom. The summed E-state index contributed by atoms with van der Waals surface area (Å²) in [5.41, 5.74) is 3.09. The molecule has 7 rings (SSSR count). The van der Waals surface area contributed by atoms with Crippen molar-refractivity contribution < 1.29 is 14.7 Å². The van der Waals surface area contributed by atoms with E-state index in [0.717, 1.165) is 38.3 Å². The minimum Gasteiger partial charge on any atom is -0.508 e. The summed E-state index contributed by atoms with van der Waals surface area (Å²) in [6.07, 6.45) is 9.76. The Morgan fingerprint density at radius 1 is 1.03 bits per heavy atom. The molecule has 6 aliphatic rings. The Kier molecular flexibility index (Phi) is 5.60. The lowest BCUT2D eigenvalue weighted by Gasteiger charge is -2.68. The summed E-state index contributed by atoms with van der Waals surface area (Å²) in [5, 5.41) is 10.7. The lowest BCUT2D eigenvalue weighted by molar-refractivity contribution is -0.130. The van der Waals surface area contributed by atoms with Gasteiger partial charge in [0.15, 0.2) is 0 Å². The molecular formula is C31H44N4O3. The van der Waals surface area contributed by atoms with Crippen LogP contribution in [-0.2, 0) is 16.6 Å². The van der Waals surface area contributed by atoms with Gasteiger partial charge in [-0.2, -0.15) is 0 Å². The molecule has 7 heteroatoms. The molecule has 1 N–H and O–H groups in total. The zero-order valence-electron chi connectivity index (χ0n) is 23.4. The van der Waals surface area contributed by atoms with Gasteiger partial charge in [0, 0.05) is 63.7 Å². The van der Waals surface area contributed by atoms with Gasteiger partial charge in [-0.25, -0.2) is 4.79 Å². The predicted molar refractivity (Wildman–Crippen MR) is 146 cm³/mol. The number of phenolic OH excluding ortho intramolecular Hbond substituents is 1. The summed E-state index contributed by atoms with van der Waals surface area (Å²) in [7, 11) is 2.03. The average Bonchev–Trinajstić information content (AvgIpc) is 3.05. The van der Waals surface area contributed by atoms with Crippen LogP contribution in [0.25, 0.3) is 0 Å². The minimum absolute atomic E-state index is 0.0223. The lowest BCUT2D eigenvalue weighted by atomic mass is 9.43. The Balaban J connectivity index is 1.25. The number of hydrogen-bond acceptors (Lipinski definition) is 4. The number of carbonyl (C=O) groups excluding carboxylic acids is 2. The van der Waals surface area contributed by atoms with Crippen molar-refractivity contribution in [1.82, 2.24) is 19.6 Å². The van der Waals surface area contributed by atoms with Crippen molar-refractivity contribution in [3.8, 4) is 5.75 Å². The molecule has 0 aromatic heterocycles. The van der Waals surface area contributed by atoms with E-state index in [-0.39, 0.29) is 28.8 Å². The molecule has 0 radical (unpaired) electrons. The molecular weight excluding hydrogens is 476 g/mol. The van der Waals surface area contributed by atoms with E-state index in [1.165, 1.54) is 36.8 Å². The van der Waals surface area contributed by atoms with Crippen LogP contribution < -0.4 is 0 Å². The highest BCUT2D eigenvalue weighted by molar-refractivity contribution is 5.76. The number of hydrogen-bond donors (Lipinski definition) is 1. The molecule has 4 bridgehead atoms. The summed E-state index contributed by atoms with van der Waals surface area (Å²) in [6.45, 7) is 7.68. The summed E-state index contributed by atoms with van der Waals surface area (Å²) in [5.74, 6) is 1.41. The van der Waals surface area contributed by atoms with Gasteiger partial charge in [0.1, 0.15) is 5.75 Å². The van der Waals surface area contributed by atoms with Crippen LogP contribution >= 0.6 is 0 Å². The quantitative estimate of drug-likeness (QED) is 0.644. The maximum atomic E-state index is 13.9. The first kappa shape index (κ1) is 24.7. The van der Waals surface area contributed by atoms with Gasteiger partial charge in [-0.15, -0.1) is 0 Å². The molecule has 1 aromatic rings. The average molecular weight is 521 g/mol. The highest BCUT2D eigenvalue weighted by Crippen LogP contribution is 2.74. The van der Waals surface area contributed by atoms with Gasteiger partial charge in [0.05, 0.1) is 0 Å². The molecule has 7 nitrogen and oxygen atoms in total. The van der Waals surface area contributed by atoms with Crippen molar-refractivity contribution in [1.29, 1.82) is 0 Å². The Labute approximate surface area is 227 Å². The van der Waals surface area contributed by atoms with Gasteiger partial charge >= 0.3 is 6.03 Å². The monoisotopic (exact) mass is 520 g/mol. The number of rotatable bonds is 2. The second-order valence-corrected chi connectivity index (χ2v) is 13.5. The normalized spacial score (nSPS) is 38.3. The molecule has 2 saturated heterocycles. The van der Waals surface area contributed by atoms with Crippen molar-refractivity contribution in [2.75, 3.05) is 39.8 Å². The van der Waals surface area contributed by atoms with Crippen molar-refractivity contribution in [2.45, 2.75) is 88.8 Å². The number of amides is 3. The third kappa shape index (κ3) is 3.17. The predicted octanol–water partition coefficient (Wildman–Crippen LogP) is 3.83. The number of phenols is 1. The molecule has 1 aromatic carbocycles. The van der Waals surface area contributed by atoms with Crippen LogP contribution in [0.5, 0.6) is 5.75 Å². The molecule has 206 valence electrons. The molecule has 6 atom stereocenters. The third-order valence-corrected chi connectivity index (χ3v) is 12.2. The van der Waals surface area contributed by atoms with Gasteiger partial charge in [0.25, 0.3) is 0 Å². The first-order chi connectivity index (χ1) is 18.3. The number of urea groups is 1. The maximum absolute atomic E-state index is 13.9. The molecule has 3 saturated carbocycles. The first-order valence-corrected chi connectivity index (χ1v) is 15.1. The van der Waals surface area contributed by atoms with Crippen LogP contribution in [0.2, 0.25) is 0 Å². The molecule has 5 unspecified atom stereocenters. The van der Waals surface area contributed by atoms with E-state index in [0.29, 0.717) is 49.8 Å². The zero-order chi connectivity index (χ0) is 26.4. The van der Waals surface area contributed by atoms with Crippen LogP contribution in [-0.4, -0.2) is 94.5 Å². The van der Waals surface area contributed by atoms with E-state index in [1.54, 1.807) is 6.92 Å². The van der Waals surface area contributed by atoms with Gasteiger partial charge in [-0.1, -0.05) is 19.4 Å². The molecule has 38 heavy (non-hydrogen) atoms. The van der Waals surface area contributed by atoms with Crippen LogP contribution in [0.1, 0.15) is 69.9 Å². The number of piperazine rings is 1. The Bertz CT molecular complexity index is 1140. The van der Waals surface area contributed by atoms with Crippen LogP contribution in [0.3, 0.4) is 0 Å². The summed E-state index contributed by atoms with van der Waals surface area (Å²) in [6, 6.07) is 7.84.